The highest BCUT2D eigenvalue weighted by atomic mass is 32.2. The molecule has 0 atom stereocenters. The molecular weight excluding hydrogens is 432 g/mol. The van der Waals surface area contributed by atoms with Crippen molar-refractivity contribution in [2.75, 3.05) is 16.8 Å². The molecule has 0 bridgehead atoms. The number of hydrogen-bond donors (Lipinski definition) is 1. The zero-order chi connectivity index (χ0) is 23.2. The monoisotopic (exact) mass is 456 g/mol. The summed E-state index contributed by atoms with van der Waals surface area (Å²) in [6.45, 7) is 3.96. The molecule has 0 spiro atoms. The highest BCUT2D eigenvalue weighted by Crippen LogP contribution is 2.40. The number of para-hydroxylation sites is 1. The van der Waals surface area contributed by atoms with E-state index in [1.54, 1.807) is 19.1 Å². The van der Waals surface area contributed by atoms with Crippen LogP contribution in [0, 0.1) is 6.92 Å². The van der Waals surface area contributed by atoms with Gasteiger partial charge in [0.2, 0.25) is 0 Å². The second-order valence-corrected chi connectivity index (χ2v) is 8.44. The lowest BCUT2D eigenvalue weighted by atomic mass is 10.2. The van der Waals surface area contributed by atoms with Crippen molar-refractivity contribution in [3.8, 4) is 0 Å². The molecule has 0 saturated heterocycles. The molecule has 3 aromatic carbocycles. The minimum atomic E-state index is -0.560. The fourth-order valence-electron chi connectivity index (χ4n) is 3.37. The first-order valence-corrected chi connectivity index (χ1v) is 11.5. The molecule has 1 aliphatic rings. The SMILES string of the molecule is CCOC(=O)C1=C(Nc2ccc(C)cc2)S/C(=C\c2ccccc2)C(=O)N1c1ccccc1. The Bertz CT molecular complexity index is 1200. The largest absolute Gasteiger partial charge is 0.461 e. The Balaban J connectivity index is 1.87. The Morgan fingerprint density at radius 3 is 2.24 bits per heavy atom. The summed E-state index contributed by atoms with van der Waals surface area (Å²) < 4.78 is 5.36. The topological polar surface area (TPSA) is 58.6 Å². The van der Waals surface area contributed by atoms with Gasteiger partial charge in [0, 0.05) is 11.4 Å². The molecular formula is C27H24N2O3S. The Kier molecular flexibility index (Phi) is 6.95. The van der Waals surface area contributed by atoms with Crippen LogP contribution >= 0.6 is 11.8 Å². The van der Waals surface area contributed by atoms with Crippen molar-refractivity contribution < 1.29 is 14.3 Å². The molecule has 1 heterocycles. The number of amides is 1. The van der Waals surface area contributed by atoms with E-state index in [0.717, 1.165) is 16.8 Å². The molecule has 5 nitrogen and oxygen atoms in total. The van der Waals surface area contributed by atoms with Crippen LogP contribution in [-0.4, -0.2) is 18.5 Å². The first kappa shape index (κ1) is 22.4. The van der Waals surface area contributed by atoms with Crippen LogP contribution in [0.15, 0.2) is 101 Å². The van der Waals surface area contributed by atoms with Crippen LogP contribution in [0.2, 0.25) is 0 Å². The number of ether oxygens (including phenoxy) is 1. The van der Waals surface area contributed by atoms with Crippen LogP contribution in [0.5, 0.6) is 0 Å². The number of nitrogens with one attached hydrogen (secondary N) is 1. The van der Waals surface area contributed by atoms with Crippen LogP contribution < -0.4 is 10.2 Å². The third-order valence-corrected chi connectivity index (χ3v) is 5.97. The summed E-state index contributed by atoms with van der Waals surface area (Å²) in [7, 11) is 0. The minimum Gasteiger partial charge on any atom is -0.461 e. The van der Waals surface area contributed by atoms with Gasteiger partial charge in [0.1, 0.15) is 5.03 Å². The average Bonchev–Trinajstić information content (AvgIpc) is 2.83. The second-order valence-electron chi connectivity index (χ2n) is 7.39. The summed E-state index contributed by atoms with van der Waals surface area (Å²) >= 11 is 1.23. The third kappa shape index (κ3) is 5.18. The normalized spacial score (nSPS) is 15.0. The molecule has 4 rings (SSSR count). The summed E-state index contributed by atoms with van der Waals surface area (Å²) in [4.78, 5) is 28.7. The Labute approximate surface area is 197 Å². The lowest BCUT2D eigenvalue weighted by Crippen LogP contribution is -2.39. The van der Waals surface area contributed by atoms with Gasteiger partial charge in [-0.3, -0.25) is 9.69 Å². The maximum absolute atomic E-state index is 13.7. The number of thioether (sulfide) groups is 1. The smallest absolute Gasteiger partial charge is 0.358 e. The van der Waals surface area contributed by atoms with Crippen LogP contribution in [0.4, 0.5) is 11.4 Å². The van der Waals surface area contributed by atoms with Crippen molar-refractivity contribution in [3.05, 3.63) is 112 Å². The number of rotatable bonds is 6. The fraction of sp³-hybridized carbons (Fsp3) is 0.111. The van der Waals surface area contributed by atoms with Crippen molar-refractivity contribution >= 4 is 41.1 Å². The Hall–Kier alpha value is -3.77. The fourth-order valence-corrected chi connectivity index (χ4v) is 4.40. The summed E-state index contributed by atoms with van der Waals surface area (Å²) in [5.41, 5.74) is 3.60. The summed E-state index contributed by atoms with van der Waals surface area (Å²) in [6.07, 6.45) is 1.84. The first-order chi connectivity index (χ1) is 16.1. The van der Waals surface area contributed by atoms with E-state index in [2.05, 4.69) is 5.32 Å². The lowest BCUT2D eigenvalue weighted by molar-refractivity contribution is -0.139. The Morgan fingerprint density at radius 1 is 0.970 bits per heavy atom. The standard InChI is InChI=1S/C27H24N2O3S/c1-3-32-27(31)24-25(28-21-16-14-19(2)15-17-21)33-23(18-20-10-6-4-7-11-20)26(30)29(24)22-12-8-5-9-13-22/h4-18,28H,3H2,1-2H3/b23-18-. The summed E-state index contributed by atoms with van der Waals surface area (Å²) in [5, 5.41) is 3.87. The van der Waals surface area contributed by atoms with E-state index in [-0.39, 0.29) is 18.2 Å². The molecule has 0 fully saturated rings. The molecule has 0 radical (unpaired) electrons. The molecule has 6 heteroatoms. The zero-order valence-corrected chi connectivity index (χ0v) is 19.3. The van der Waals surface area contributed by atoms with E-state index in [1.165, 1.54) is 16.7 Å². The van der Waals surface area contributed by atoms with Crippen LogP contribution in [0.25, 0.3) is 6.08 Å². The zero-order valence-electron chi connectivity index (χ0n) is 18.4. The molecule has 1 amide bonds. The summed E-state index contributed by atoms with van der Waals surface area (Å²) in [6, 6.07) is 26.6. The van der Waals surface area contributed by atoms with E-state index in [9.17, 15) is 9.59 Å². The third-order valence-electron chi connectivity index (χ3n) is 4.95. The molecule has 0 aromatic heterocycles. The number of anilines is 2. The number of hydrogen-bond acceptors (Lipinski definition) is 5. The van der Waals surface area contributed by atoms with Crippen molar-refractivity contribution in [3.63, 3.8) is 0 Å². The van der Waals surface area contributed by atoms with Crippen LogP contribution in [0.1, 0.15) is 18.1 Å². The number of esters is 1. The van der Waals surface area contributed by atoms with Gasteiger partial charge in [-0.25, -0.2) is 4.79 Å². The maximum Gasteiger partial charge on any atom is 0.358 e. The van der Waals surface area contributed by atoms with Gasteiger partial charge in [-0.05, 0) is 49.8 Å². The van der Waals surface area contributed by atoms with E-state index < -0.39 is 5.97 Å². The number of carbonyl (C=O) groups excluding carboxylic acids is 2. The Morgan fingerprint density at radius 2 is 1.61 bits per heavy atom. The lowest BCUT2D eigenvalue weighted by Gasteiger charge is -2.32. The molecule has 0 saturated carbocycles. The number of carbonyl (C=O) groups is 2. The first-order valence-electron chi connectivity index (χ1n) is 10.7. The molecule has 0 unspecified atom stereocenters. The quantitative estimate of drug-likeness (QED) is 0.366. The predicted molar refractivity (Wildman–Crippen MR) is 134 cm³/mol. The van der Waals surface area contributed by atoms with Gasteiger partial charge < -0.3 is 10.1 Å². The number of aryl methyl sites for hydroxylation is 1. The molecule has 166 valence electrons. The molecule has 1 aliphatic heterocycles. The highest BCUT2D eigenvalue weighted by molar-refractivity contribution is 8.08. The second kappa shape index (κ2) is 10.2. The van der Waals surface area contributed by atoms with Crippen molar-refractivity contribution in [2.45, 2.75) is 13.8 Å². The van der Waals surface area contributed by atoms with Crippen LogP contribution in [0.3, 0.4) is 0 Å². The average molecular weight is 457 g/mol. The van der Waals surface area contributed by atoms with Crippen LogP contribution in [-0.2, 0) is 14.3 Å². The van der Waals surface area contributed by atoms with Gasteiger partial charge >= 0.3 is 5.97 Å². The molecule has 3 aromatic rings. The van der Waals surface area contributed by atoms with Crippen molar-refractivity contribution in [1.82, 2.24) is 0 Å². The van der Waals surface area contributed by atoms with Gasteiger partial charge in [-0.1, -0.05) is 78.0 Å². The molecule has 33 heavy (non-hydrogen) atoms. The van der Waals surface area contributed by atoms with Crippen molar-refractivity contribution in [1.29, 1.82) is 0 Å². The van der Waals surface area contributed by atoms with Gasteiger partial charge in [-0.15, -0.1) is 0 Å². The van der Waals surface area contributed by atoms with E-state index in [4.69, 9.17) is 4.74 Å². The summed E-state index contributed by atoms with van der Waals surface area (Å²) in [5.74, 6) is -0.844. The van der Waals surface area contributed by atoms with E-state index in [1.807, 2.05) is 85.8 Å². The number of benzene rings is 3. The predicted octanol–water partition coefficient (Wildman–Crippen LogP) is 5.96. The van der Waals surface area contributed by atoms with E-state index >= 15 is 0 Å². The van der Waals surface area contributed by atoms with Gasteiger partial charge in [0.05, 0.1) is 11.5 Å². The molecule has 0 aliphatic carbocycles. The van der Waals surface area contributed by atoms with E-state index in [0.29, 0.717) is 15.6 Å². The highest BCUT2D eigenvalue weighted by Gasteiger charge is 2.37. The van der Waals surface area contributed by atoms with Gasteiger partial charge in [0.15, 0.2) is 5.70 Å². The van der Waals surface area contributed by atoms with Crippen molar-refractivity contribution in [2.24, 2.45) is 0 Å². The minimum absolute atomic E-state index is 0.170. The number of nitrogens with zero attached hydrogens (tertiary/aromatic N) is 1. The van der Waals surface area contributed by atoms with Gasteiger partial charge in [0.25, 0.3) is 5.91 Å². The molecule has 1 N–H and O–H groups in total. The van der Waals surface area contributed by atoms with Gasteiger partial charge in [-0.2, -0.15) is 0 Å². The maximum atomic E-state index is 13.7.